The van der Waals surface area contributed by atoms with E-state index in [-0.39, 0.29) is 29.0 Å². The molecule has 27 heavy (non-hydrogen) atoms. The van der Waals surface area contributed by atoms with Crippen LogP contribution in [0.5, 0.6) is 11.5 Å². The lowest BCUT2D eigenvalue weighted by atomic mass is 10.0. The highest BCUT2D eigenvalue weighted by molar-refractivity contribution is 6.32. The number of rotatable bonds is 6. The average molecular weight is 407 g/mol. The maximum atomic E-state index is 12.6. The van der Waals surface area contributed by atoms with Crippen molar-refractivity contribution in [1.29, 1.82) is 0 Å². The molecule has 2 N–H and O–H groups in total. The van der Waals surface area contributed by atoms with E-state index in [1.807, 2.05) is 25.1 Å². The number of benzene rings is 2. The molecule has 1 heterocycles. The van der Waals surface area contributed by atoms with Crippen LogP contribution in [0.25, 0.3) is 10.9 Å². The maximum Gasteiger partial charge on any atom is 0.166 e. The number of phenols is 1. The number of ketones is 1. The molecule has 0 spiro atoms. The summed E-state index contributed by atoms with van der Waals surface area (Å²) in [4.78, 5) is 17.0. The zero-order chi connectivity index (χ0) is 18.7. The van der Waals surface area contributed by atoms with Gasteiger partial charge >= 0.3 is 0 Å². The first kappa shape index (κ1) is 20.8. The number of pyridine rings is 1. The molecule has 5 nitrogen and oxygen atoms in total. The molecule has 0 radical (unpaired) electrons. The summed E-state index contributed by atoms with van der Waals surface area (Å²) >= 11 is 6.01. The number of halogens is 2. The van der Waals surface area contributed by atoms with Gasteiger partial charge in [-0.25, -0.2) is 0 Å². The van der Waals surface area contributed by atoms with Gasteiger partial charge in [-0.2, -0.15) is 0 Å². The molecule has 3 rings (SSSR count). The zero-order valence-corrected chi connectivity index (χ0v) is 16.5. The third-order valence-electron chi connectivity index (χ3n) is 4.07. The molecule has 2 aromatic carbocycles. The summed E-state index contributed by atoms with van der Waals surface area (Å²) < 4.78 is 5.39. The van der Waals surface area contributed by atoms with Crippen LogP contribution >= 0.6 is 24.0 Å². The standard InChI is InChI=1S/C20H19ClN2O3.ClH/c1-3-5-16(24)14-11-22-20-13(6-4-7-18(20)26-2)19(14)23-12-8-9-17(25)15(21)10-12;/h4,6-11,25H,3,5H2,1-2H3,(H,22,23);1H. The van der Waals surface area contributed by atoms with Gasteiger partial charge < -0.3 is 15.2 Å². The molecule has 0 amide bonds. The van der Waals surface area contributed by atoms with E-state index in [0.29, 0.717) is 34.6 Å². The Morgan fingerprint density at radius 1 is 1.30 bits per heavy atom. The van der Waals surface area contributed by atoms with E-state index in [9.17, 15) is 9.90 Å². The Kier molecular flexibility index (Phi) is 6.88. The molecule has 0 saturated carbocycles. The van der Waals surface area contributed by atoms with E-state index >= 15 is 0 Å². The van der Waals surface area contributed by atoms with Gasteiger partial charge in [-0.3, -0.25) is 9.78 Å². The number of carbonyl (C=O) groups excluding carboxylic acids is 1. The van der Waals surface area contributed by atoms with Crippen LogP contribution in [0, 0.1) is 0 Å². The number of Topliss-reactive ketones (excluding diaryl/α,β-unsaturated/α-hetero) is 1. The highest BCUT2D eigenvalue weighted by Gasteiger charge is 2.17. The first-order valence-corrected chi connectivity index (χ1v) is 8.67. The molecule has 3 aromatic rings. The Labute approximate surface area is 168 Å². The maximum absolute atomic E-state index is 12.6. The summed E-state index contributed by atoms with van der Waals surface area (Å²) in [5.41, 5.74) is 2.48. The van der Waals surface area contributed by atoms with Crippen molar-refractivity contribution >= 4 is 52.1 Å². The summed E-state index contributed by atoms with van der Waals surface area (Å²) in [5, 5.41) is 13.9. The molecule has 0 aliphatic rings. The van der Waals surface area contributed by atoms with Crippen LogP contribution in [0.15, 0.2) is 42.6 Å². The van der Waals surface area contributed by atoms with Gasteiger partial charge in [0.2, 0.25) is 0 Å². The van der Waals surface area contributed by atoms with Crippen LogP contribution in [-0.2, 0) is 0 Å². The summed E-state index contributed by atoms with van der Waals surface area (Å²) in [6.07, 6.45) is 2.76. The zero-order valence-electron chi connectivity index (χ0n) is 15.0. The van der Waals surface area contributed by atoms with Crippen LogP contribution in [0.3, 0.4) is 0 Å². The minimum absolute atomic E-state index is 0. The summed E-state index contributed by atoms with van der Waals surface area (Å²) in [6.45, 7) is 1.96. The second-order valence-electron chi connectivity index (χ2n) is 5.87. The normalized spacial score (nSPS) is 10.3. The van der Waals surface area contributed by atoms with Crippen molar-refractivity contribution in [2.24, 2.45) is 0 Å². The van der Waals surface area contributed by atoms with E-state index in [1.54, 1.807) is 25.4 Å². The minimum atomic E-state index is 0. The van der Waals surface area contributed by atoms with Crippen LogP contribution in [0.1, 0.15) is 30.1 Å². The monoisotopic (exact) mass is 406 g/mol. The molecule has 142 valence electrons. The molecule has 0 unspecified atom stereocenters. The Balaban J connectivity index is 0.00000261. The Morgan fingerprint density at radius 2 is 2.07 bits per heavy atom. The number of anilines is 2. The third-order valence-corrected chi connectivity index (χ3v) is 4.38. The number of methoxy groups -OCH3 is 1. The first-order valence-electron chi connectivity index (χ1n) is 8.29. The third kappa shape index (κ3) is 4.26. The number of hydrogen-bond donors (Lipinski definition) is 2. The van der Waals surface area contributed by atoms with Gasteiger partial charge in [-0.15, -0.1) is 12.4 Å². The molecule has 0 fully saturated rings. The number of ether oxygens (including phenoxy) is 1. The lowest BCUT2D eigenvalue weighted by molar-refractivity contribution is 0.0982. The van der Waals surface area contributed by atoms with Crippen molar-refractivity contribution in [2.45, 2.75) is 19.8 Å². The number of carbonyl (C=O) groups is 1. The van der Waals surface area contributed by atoms with E-state index in [4.69, 9.17) is 16.3 Å². The molecular weight excluding hydrogens is 387 g/mol. The minimum Gasteiger partial charge on any atom is -0.506 e. The smallest absolute Gasteiger partial charge is 0.166 e. The Hall–Kier alpha value is -2.50. The summed E-state index contributed by atoms with van der Waals surface area (Å²) in [6, 6.07) is 10.4. The van der Waals surface area contributed by atoms with Crippen LogP contribution in [0.2, 0.25) is 5.02 Å². The largest absolute Gasteiger partial charge is 0.506 e. The SMILES string of the molecule is CCCC(=O)c1cnc2c(OC)cccc2c1Nc1ccc(O)c(Cl)c1.Cl. The van der Waals surface area contributed by atoms with Crippen molar-refractivity contribution in [2.75, 3.05) is 12.4 Å². The van der Waals surface area contributed by atoms with Crippen molar-refractivity contribution in [1.82, 2.24) is 4.98 Å². The van der Waals surface area contributed by atoms with Crippen LogP contribution in [-0.4, -0.2) is 23.0 Å². The van der Waals surface area contributed by atoms with E-state index in [0.717, 1.165) is 11.8 Å². The number of phenolic OH excluding ortho intramolecular Hbond substituents is 1. The Morgan fingerprint density at radius 3 is 2.74 bits per heavy atom. The van der Waals surface area contributed by atoms with Crippen molar-refractivity contribution in [3.8, 4) is 11.5 Å². The molecule has 0 saturated heterocycles. The second-order valence-corrected chi connectivity index (χ2v) is 6.27. The van der Waals surface area contributed by atoms with E-state index in [2.05, 4.69) is 10.3 Å². The number of aromatic hydroxyl groups is 1. The van der Waals surface area contributed by atoms with Crippen molar-refractivity contribution in [3.05, 3.63) is 53.2 Å². The number of nitrogens with one attached hydrogen (secondary N) is 1. The van der Waals surface area contributed by atoms with Gasteiger partial charge in [0.25, 0.3) is 0 Å². The first-order chi connectivity index (χ1) is 12.5. The van der Waals surface area contributed by atoms with Crippen LogP contribution in [0.4, 0.5) is 11.4 Å². The molecule has 0 aliphatic heterocycles. The van der Waals surface area contributed by atoms with Gasteiger partial charge in [-0.1, -0.05) is 30.7 Å². The quantitative estimate of drug-likeness (QED) is 0.402. The fourth-order valence-corrected chi connectivity index (χ4v) is 2.98. The van der Waals surface area contributed by atoms with Gasteiger partial charge in [0.1, 0.15) is 17.0 Å². The predicted molar refractivity (Wildman–Crippen MR) is 111 cm³/mol. The lowest BCUT2D eigenvalue weighted by Gasteiger charge is -2.16. The van der Waals surface area contributed by atoms with Crippen LogP contribution < -0.4 is 10.1 Å². The fraction of sp³-hybridized carbons (Fsp3) is 0.200. The molecule has 0 bridgehead atoms. The highest BCUT2D eigenvalue weighted by Crippen LogP contribution is 2.35. The van der Waals surface area contributed by atoms with Gasteiger partial charge in [0, 0.05) is 23.7 Å². The van der Waals surface area contributed by atoms with Crippen molar-refractivity contribution < 1.29 is 14.6 Å². The highest BCUT2D eigenvalue weighted by atomic mass is 35.5. The number of aromatic nitrogens is 1. The molecular formula is C20H20Cl2N2O3. The molecule has 0 atom stereocenters. The van der Waals surface area contributed by atoms with Gasteiger partial charge in [-0.05, 0) is 30.7 Å². The average Bonchev–Trinajstić information content (AvgIpc) is 2.64. The topological polar surface area (TPSA) is 71.5 Å². The van der Waals surface area contributed by atoms with E-state index < -0.39 is 0 Å². The second kappa shape index (κ2) is 8.93. The van der Waals surface area contributed by atoms with Crippen molar-refractivity contribution in [3.63, 3.8) is 0 Å². The van der Waals surface area contributed by atoms with Gasteiger partial charge in [0.05, 0.1) is 23.4 Å². The van der Waals surface area contributed by atoms with Gasteiger partial charge in [0.15, 0.2) is 5.78 Å². The number of hydrogen-bond acceptors (Lipinski definition) is 5. The fourth-order valence-electron chi connectivity index (χ4n) is 2.80. The number of nitrogens with zero attached hydrogens (tertiary/aromatic N) is 1. The number of para-hydroxylation sites is 1. The molecule has 1 aromatic heterocycles. The molecule has 7 heteroatoms. The summed E-state index contributed by atoms with van der Waals surface area (Å²) in [7, 11) is 1.58. The number of fused-ring (bicyclic) bond motifs is 1. The van der Waals surface area contributed by atoms with E-state index in [1.165, 1.54) is 6.07 Å². The lowest BCUT2D eigenvalue weighted by Crippen LogP contribution is -2.06. The predicted octanol–water partition coefficient (Wildman–Crippen LogP) is 5.75. The summed E-state index contributed by atoms with van der Waals surface area (Å²) in [5.74, 6) is 0.640. The Bertz CT molecular complexity index is 977. The molecule has 0 aliphatic carbocycles.